The van der Waals surface area contributed by atoms with E-state index in [1.165, 1.54) is 22.2 Å². The number of pyridine rings is 1. The zero-order valence-electron chi connectivity index (χ0n) is 14.4. The van der Waals surface area contributed by atoms with E-state index in [4.69, 9.17) is 11.6 Å². The maximum absolute atomic E-state index is 6.14. The van der Waals surface area contributed by atoms with Crippen molar-refractivity contribution in [3.8, 4) is 0 Å². The van der Waals surface area contributed by atoms with Crippen molar-refractivity contribution in [2.45, 2.75) is 32.2 Å². The summed E-state index contributed by atoms with van der Waals surface area (Å²) in [6.07, 6.45) is 4.84. The number of benzene rings is 1. The van der Waals surface area contributed by atoms with Gasteiger partial charge in [-0.3, -0.25) is 4.98 Å². The van der Waals surface area contributed by atoms with Crippen molar-refractivity contribution in [2.24, 2.45) is 0 Å². The fourth-order valence-corrected chi connectivity index (χ4v) is 4.05. The highest BCUT2D eigenvalue weighted by atomic mass is 35.5. The molecule has 1 aliphatic carbocycles. The number of nitrogens with zero attached hydrogens (tertiary/aromatic N) is 3. The topological polar surface area (TPSA) is 66.5 Å². The van der Waals surface area contributed by atoms with Crippen LogP contribution in [0.1, 0.15) is 23.2 Å². The molecule has 5 rings (SSSR count). The fraction of sp³-hybridized carbons (Fsp3) is 0.250. The second-order valence-corrected chi connectivity index (χ2v) is 7.27. The van der Waals surface area contributed by atoms with Crippen LogP contribution in [0.25, 0.3) is 21.9 Å². The van der Waals surface area contributed by atoms with E-state index in [0.29, 0.717) is 11.9 Å². The van der Waals surface area contributed by atoms with Crippen LogP contribution in [0.3, 0.4) is 0 Å². The van der Waals surface area contributed by atoms with Crippen LogP contribution in [-0.4, -0.2) is 26.0 Å². The number of hydrogen-bond acceptors (Lipinski definition) is 4. The first-order valence-corrected chi connectivity index (χ1v) is 9.20. The average Bonchev–Trinajstić information content (AvgIpc) is 2.99. The van der Waals surface area contributed by atoms with Crippen molar-refractivity contribution in [1.82, 2.24) is 19.9 Å². The van der Waals surface area contributed by atoms with Crippen LogP contribution in [0, 0.1) is 6.92 Å². The first-order chi connectivity index (χ1) is 12.7. The Hall–Kier alpha value is -2.66. The van der Waals surface area contributed by atoms with Gasteiger partial charge in [-0.1, -0.05) is 18.2 Å². The first kappa shape index (κ1) is 15.6. The third kappa shape index (κ3) is 2.59. The summed E-state index contributed by atoms with van der Waals surface area (Å²) in [5, 5.41) is 5.13. The second-order valence-electron chi connectivity index (χ2n) is 6.93. The van der Waals surface area contributed by atoms with Crippen LogP contribution in [0.2, 0.25) is 5.28 Å². The van der Waals surface area contributed by atoms with Crippen molar-refractivity contribution >= 4 is 39.4 Å². The molecule has 0 saturated heterocycles. The van der Waals surface area contributed by atoms with Gasteiger partial charge in [0, 0.05) is 28.8 Å². The number of nitrogens with one attached hydrogen (secondary N) is 2. The highest BCUT2D eigenvalue weighted by molar-refractivity contribution is 6.28. The zero-order valence-corrected chi connectivity index (χ0v) is 15.1. The third-order valence-corrected chi connectivity index (χ3v) is 5.25. The number of aryl methyl sites for hydroxylation is 2. The molecular formula is C20H18ClN5. The van der Waals surface area contributed by atoms with Crippen LogP contribution in [0.5, 0.6) is 0 Å². The Morgan fingerprint density at radius 3 is 3.04 bits per heavy atom. The predicted molar refractivity (Wildman–Crippen MR) is 105 cm³/mol. The van der Waals surface area contributed by atoms with Crippen molar-refractivity contribution < 1.29 is 0 Å². The fourth-order valence-electron chi connectivity index (χ4n) is 3.88. The Morgan fingerprint density at radius 2 is 2.12 bits per heavy atom. The van der Waals surface area contributed by atoms with Crippen LogP contribution in [-0.2, 0) is 12.8 Å². The summed E-state index contributed by atoms with van der Waals surface area (Å²) in [6, 6.07) is 10.8. The lowest BCUT2D eigenvalue weighted by molar-refractivity contribution is 0.606. The lowest BCUT2D eigenvalue weighted by atomic mass is 9.91. The minimum atomic E-state index is 0.246. The van der Waals surface area contributed by atoms with E-state index in [1.807, 2.05) is 19.2 Å². The molecule has 0 spiro atoms. The highest BCUT2D eigenvalue weighted by Crippen LogP contribution is 2.31. The highest BCUT2D eigenvalue weighted by Gasteiger charge is 2.23. The molecule has 130 valence electrons. The lowest BCUT2D eigenvalue weighted by Crippen LogP contribution is -2.27. The van der Waals surface area contributed by atoms with Crippen LogP contribution >= 0.6 is 11.6 Å². The van der Waals surface area contributed by atoms with Gasteiger partial charge in [-0.25, -0.2) is 4.98 Å². The summed E-state index contributed by atoms with van der Waals surface area (Å²) in [4.78, 5) is 16.8. The second kappa shape index (κ2) is 5.95. The van der Waals surface area contributed by atoms with Crippen molar-refractivity contribution in [3.05, 3.63) is 58.6 Å². The summed E-state index contributed by atoms with van der Waals surface area (Å²) in [6.45, 7) is 2.00. The number of para-hydroxylation sites is 1. The number of anilines is 1. The molecule has 6 heteroatoms. The van der Waals surface area contributed by atoms with Gasteiger partial charge in [0.1, 0.15) is 5.52 Å². The van der Waals surface area contributed by atoms with Gasteiger partial charge in [0.15, 0.2) is 5.82 Å². The molecule has 0 fully saturated rings. The van der Waals surface area contributed by atoms with Crippen LogP contribution in [0.15, 0.2) is 36.5 Å². The molecular weight excluding hydrogens is 346 g/mol. The molecule has 1 atom stereocenters. The van der Waals surface area contributed by atoms with E-state index in [9.17, 15) is 0 Å². The summed E-state index contributed by atoms with van der Waals surface area (Å²) >= 11 is 6.14. The van der Waals surface area contributed by atoms with E-state index in [1.54, 1.807) is 0 Å². The Bertz CT molecular complexity index is 1130. The van der Waals surface area contributed by atoms with Crippen molar-refractivity contribution in [2.75, 3.05) is 5.32 Å². The normalized spacial score (nSPS) is 16.8. The molecule has 0 radical (unpaired) electrons. The number of hydrogen-bond donors (Lipinski definition) is 2. The SMILES string of the molecule is Cc1cnc2c(NC3CCc4[nH]c5ccccc5c4C3)nc(Cl)nc2c1. The van der Waals surface area contributed by atoms with Gasteiger partial charge in [0.2, 0.25) is 5.28 Å². The first-order valence-electron chi connectivity index (χ1n) is 8.82. The van der Waals surface area contributed by atoms with E-state index in [2.05, 4.69) is 49.5 Å². The van der Waals surface area contributed by atoms with Crippen molar-refractivity contribution in [1.29, 1.82) is 0 Å². The number of rotatable bonds is 2. The van der Waals surface area contributed by atoms with E-state index in [0.717, 1.165) is 35.9 Å². The van der Waals surface area contributed by atoms with E-state index < -0.39 is 0 Å². The van der Waals surface area contributed by atoms with Gasteiger partial charge in [0.05, 0.1) is 5.52 Å². The van der Waals surface area contributed by atoms with Gasteiger partial charge in [0.25, 0.3) is 0 Å². The Labute approximate surface area is 155 Å². The quantitative estimate of drug-likeness (QED) is 0.517. The zero-order chi connectivity index (χ0) is 17.7. The Kier molecular flexibility index (Phi) is 3.57. The molecule has 1 aliphatic rings. The average molecular weight is 364 g/mol. The van der Waals surface area contributed by atoms with Gasteiger partial charge in [-0.2, -0.15) is 4.98 Å². The third-order valence-electron chi connectivity index (χ3n) is 5.08. The molecule has 1 aromatic carbocycles. The number of aromatic amines is 1. The summed E-state index contributed by atoms with van der Waals surface area (Å²) in [5.41, 5.74) is 6.56. The Balaban J connectivity index is 1.50. The molecule has 0 aliphatic heterocycles. The molecule has 1 unspecified atom stereocenters. The molecule has 26 heavy (non-hydrogen) atoms. The van der Waals surface area contributed by atoms with Crippen LogP contribution < -0.4 is 5.32 Å². The maximum Gasteiger partial charge on any atom is 0.225 e. The summed E-state index contributed by atoms with van der Waals surface area (Å²) in [5.74, 6) is 0.716. The largest absolute Gasteiger partial charge is 0.365 e. The minimum absolute atomic E-state index is 0.246. The summed E-state index contributed by atoms with van der Waals surface area (Å²) in [7, 11) is 0. The van der Waals surface area contributed by atoms with E-state index in [-0.39, 0.29) is 5.28 Å². The molecule has 3 heterocycles. The van der Waals surface area contributed by atoms with E-state index >= 15 is 0 Å². The van der Waals surface area contributed by atoms with Gasteiger partial charge in [-0.15, -0.1) is 0 Å². The number of H-pyrrole nitrogens is 1. The molecule has 0 saturated carbocycles. The number of fused-ring (bicyclic) bond motifs is 4. The molecule has 2 N–H and O–H groups in total. The van der Waals surface area contributed by atoms with Gasteiger partial charge in [-0.05, 0) is 61.0 Å². The Morgan fingerprint density at radius 1 is 1.23 bits per heavy atom. The van der Waals surface area contributed by atoms with Crippen LogP contribution in [0.4, 0.5) is 5.82 Å². The minimum Gasteiger partial charge on any atom is -0.365 e. The molecule has 0 bridgehead atoms. The number of aromatic nitrogens is 4. The lowest BCUT2D eigenvalue weighted by Gasteiger charge is -2.24. The molecule has 0 amide bonds. The van der Waals surface area contributed by atoms with Gasteiger partial charge < -0.3 is 10.3 Å². The van der Waals surface area contributed by atoms with Crippen molar-refractivity contribution in [3.63, 3.8) is 0 Å². The smallest absolute Gasteiger partial charge is 0.225 e. The predicted octanol–water partition coefficient (Wildman–Crippen LogP) is 4.44. The van der Waals surface area contributed by atoms with Gasteiger partial charge >= 0.3 is 0 Å². The summed E-state index contributed by atoms with van der Waals surface area (Å²) < 4.78 is 0. The number of halogens is 1. The molecule has 3 aromatic heterocycles. The molecule has 5 nitrogen and oxygen atoms in total. The maximum atomic E-state index is 6.14. The monoisotopic (exact) mass is 363 g/mol. The standard InChI is InChI=1S/C20H18ClN5/c1-11-8-17-18(22-10-11)19(26-20(21)25-17)23-12-6-7-16-14(9-12)13-4-2-3-5-15(13)24-16/h2-5,8,10,12,24H,6-7,9H2,1H3,(H,23,25,26). The molecule has 4 aromatic rings.